The van der Waals surface area contributed by atoms with Crippen molar-refractivity contribution in [3.63, 3.8) is 0 Å². The Balaban J connectivity index is 2.17. The van der Waals surface area contributed by atoms with Gasteiger partial charge in [0, 0.05) is 18.7 Å². The van der Waals surface area contributed by atoms with E-state index >= 15 is 0 Å². The molecule has 1 aromatic carbocycles. The Hall–Kier alpha value is -2.83. The topological polar surface area (TPSA) is 82.1 Å². The molecule has 7 heteroatoms. The second-order valence-electron chi connectivity index (χ2n) is 5.52. The van der Waals surface area contributed by atoms with E-state index in [1.54, 1.807) is 36.5 Å². The molecule has 0 fully saturated rings. The molecule has 0 aliphatic carbocycles. The molecule has 1 aromatic rings. The summed E-state index contributed by atoms with van der Waals surface area (Å²) in [5, 5.41) is 0. The largest absolute Gasteiger partial charge is 0.496 e. The molecule has 0 radical (unpaired) electrons. The maximum absolute atomic E-state index is 12.6. The minimum absolute atomic E-state index is 0.208. The van der Waals surface area contributed by atoms with Crippen LogP contribution in [0.15, 0.2) is 36.5 Å². The Labute approximate surface area is 146 Å². The molecule has 7 nitrogen and oxygen atoms in total. The summed E-state index contributed by atoms with van der Waals surface area (Å²) in [6.45, 7) is 0.364. The molecular weight excluding hydrogens is 326 g/mol. The van der Waals surface area contributed by atoms with Crippen molar-refractivity contribution in [1.82, 2.24) is 4.90 Å². The van der Waals surface area contributed by atoms with E-state index in [-0.39, 0.29) is 11.8 Å². The highest BCUT2D eigenvalue weighted by atomic mass is 16.5. The van der Waals surface area contributed by atoms with Gasteiger partial charge >= 0.3 is 11.9 Å². The van der Waals surface area contributed by atoms with Crippen molar-refractivity contribution in [1.29, 1.82) is 0 Å². The van der Waals surface area contributed by atoms with E-state index in [1.807, 2.05) is 0 Å². The standard InChI is InChI=1S/C18H21NO6/c1-23-14-7-5-4-6-13(14)16(20)19-10-8-12(9-11-19)15(17(21)24-2)18(22)25-3/h4-8,10,12,15H,9,11H2,1-3H3. The summed E-state index contributed by atoms with van der Waals surface area (Å²) in [4.78, 5) is 37.9. The zero-order valence-electron chi connectivity index (χ0n) is 14.4. The van der Waals surface area contributed by atoms with Crippen molar-refractivity contribution in [2.75, 3.05) is 27.9 Å². The fraction of sp³-hybridized carbons (Fsp3) is 0.389. The molecule has 1 aliphatic heterocycles. The number of carbonyl (C=O) groups is 3. The number of benzene rings is 1. The van der Waals surface area contributed by atoms with Gasteiger partial charge in [0.2, 0.25) is 0 Å². The quantitative estimate of drug-likeness (QED) is 0.595. The first-order chi connectivity index (χ1) is 12.0. The number of rotatable bonds is 5. The molecule has 0 bridgehead atoms. The predicted molar refractivity (Wildman–Crippen MR) is 88.8 cm³/mol. The van der Waals surface area contributed by atoms with Gasteiger partial charge in [-0.2, -0.15) is 0 Å². The number of esters is 2. The summed E-state index contributed by atoms with van der Waals surface area (Å²) in [5.74, 6) is -2.43. The Morgan fingerprint density at radius 1 is 1.08 bits per heavy atom. The average Bonchev–Trinajstić information content (AvgIpc) is 2.67. The molecule has 0 saturated carbocycles. The smallest absolute Gasteiger partial charge is 0.320 e. The molecule has 0 spiro atoms. The first-order valence-corrected chi connectivity index (χ1v) is 7.81. The van der Waals surface area contributed by atoms with Crippen LogP contribution >= 0.6 is 0 Å². The second-order valence-corrected chi connectivity index (χ2v) is 5.52. The minimum atomic E-state index is -1.03. The third-order valence-electron chi connectivity index (χ3n) is 4.15. The van der Waals surface area contributed by atoms with Crippen LogP contribution in [0.25, 0.3) is 0 Å². The van der Waals surface area contributed by atoms with Gasteiger partial charge < -0.3 is 19.1 Å². The number of ether oxygens (including phenoxy) is 3. The fourth-order valence-corrected chi connectivity index (χ4v) is 2.80. The molecule has 1 heterocycles. The van der Waals surface area contributed by atoms with E-state index in [4.69, 9.17) is 14.2 Å². The number of amides is 1. The first kappa shape index (κ1) is 18.5. The lowest BCUT2D eigenvalue weighted by Gasteiger charge is -2.29. The molecular formula is C18H21NO6. The SMILES string of the molecule is COC(=O)C(C(=O)OC)C1C=CN(C(=O)c2ccccc2OC)CC1. The number of methoxy groups -OCH3 is 3. The van der Waals surface area contributed by atoms with Gasteiger partial charge in [-0.3, -0.25) is 14.4 Å². The molecule has 2 rings (SSSR count). The van der Waals surface area contributed by atoms with Gasteiger partial charge in [-0.15, -0.1) is 0 Å². The van der Waals surface area contributed by atoms with Crippen LogP contribution in [0.3, 0.4) is 0 Å². The highest BCUT2D eigenvalue weighted by Crippen LogP contribution is 2.27. The third-order valence-corrected chi connectivity index (χ3v) is 4.15. The van der Waals surface area contributed by atoms with E-state index in [0.29, 0.717) is 24.3 Å². The number of allylic oxidation sites excluding steroid dienone is 1. The maximum atomic E-state index is 12.6. The van der Waals surface area contributed by atoms with Gasteiger partial charge in [0.05, 0.1) is 26.9 Å². The van der Waals surface area contributed by atoms with Crippen molar-refractivity contribution in [2.45, 2.75) is 6.42 Å². The van der Waals surface area contributed by atoms with Crippen molar-refractivity contribution >= 4 is 17.8 Å². The van der Waals surface area contributed by atoms with E-state index in [2.05, 4.69) is 0 Å². The van der Waals surface area contributed by atoms with Crippen LogP contribution in [0.4, 0.5) is 0 Å². The number of nitrogens with zero attached hydrogens (tertiary/aromatic N) is 1. The van der Waals surface area contributed by atoms with Crippen molar-refractivity contribution < 1.29 is 28.6 Å². The van der Waals surface area contributed by atoms with Crippen LogP contribution in [0, 0.1) is 11.8 Å². The molecule has 0 aromatic heterocycles. The average molecular weight is 347 g/mol. The fourth-order valence-electron chi connectivity index (χ4n) is 2.80. The van der Waals surface area contributed by atoms with Crippen LogP contribution in [-0.4, -0.2) is 50.6 Å². The van der Waals surface area contributed by atoms with Gasteiger partial charge in [-0.05, 0) is 18.6 Å². The molecule has 0 saturated heterocycles. The van der Waals surface area contributed by atoms with Crippen LogP contribution in [0.1, 0.15) is 16.8 Å². The molecule has 134 valence electrons. The van der Waals surface area contributed by atoms with Gasteiger partial charge in [-0.1, -0.05) is 18.2 Å². The monoisotopic (exact) mass is 347 g/mol. The van der Waals surface area contributed by atoms with Gasteiger partial charge in [0.25, 0.3) is 5.91 Å². The summed E-state index contributed by atoms with van der Waals surface area (Å²) >= 11 is 0. The van der Waals surface area contributed by atoms with Crippen LogP contribution in [0.5, 0.6) is 5.75 Å². The Morgan fingerprint density at radius 3 is 2.24 bits per heavy atom. The van der Waals surface area contributed by atoms with Crippen molar-refractivity contribution in [3.8, 4) is 5.75 Å². The lowest BCUT2D eigenvalue weighted by molar-refractivity contribution is -0.160. The molecule has 0 N–H and O–H groups in total. The maximum Gasteiger partial charge on any atom is 0.320 e. The Morgan fingerprint density at radius 2 is 1.72 bits per heavy atom. The number of para-hydroxylation sites is 1. The molecule has 25 heavy (non-hydrogen) atoms. The van der Waals surface area contributed by atoms with Crippen LogP contribution in [-0.2, 0) is 19.1 Å². The highest BCUT2D eigenvalue weighted by Gasteiger charge is 2.37. The molecule has 1 atom stereocenters. The van der Waals surface area contributed by atoms with Crippen molar-refractivity contribution in [3.05, 3.63) is 42.1 Å². The van der Waals surface area contributed by atoms with E-state index < -0.39 is 17.9 Å². The number of carbonyl (C=O) groups excluding carboxylic acids is 3. The predicted octanol–water partition coefficient (Wildman–Crippen LogP) is 1.63. The summed E-state index contributed by atoms with van der Waals surface area (Å²) in [5.41, 5.74) is 0.450. The third kappa shape index (κ3) is 3.99. The van der Waals surface area contributed by atoms with Gasteiger partial charge in [0.1, 0.15) is 5.75 Å². The summed E-state index contributed by atoms with van der Waals surface area (Å²) in [6.07, 6.45) is 3.68. The molecule has 1 unspecified atom stereocenters. The van der Waals surface area contributed by atoms with Crippen molar-refractivity contribution in [2.24, 2.45) is 11.8 Å². The Kier molecular flexibility index (Phi) is 6.16. The number of hydrogen-bond donors (Lipinski definition) is 0. The van der Waals surface area contributed by atoms with Crippen LogP contribution in [0.2, 0.25) is 0 Å². The number of hydrogen-bond acceptors (Lipinski definition) is 6. The van der Waals surface area contributed by atoms with E-state index in [0.717, 1.165) is 0 Å². The van der Waals surface area contributed by atoms with E-state index in [9.17, 15) is 14.4 Å². The summed E-state index contributed by atoms with van der Waals surface area (Å²) in [7, 11) is 3.95. The normalized spacial score (nSPS) is 16.5. The summed E-state index contributed by atoms with van der Waals surface area (Å²) < 4.78 is 14.6. The molecule has 1 amide bonds. The molecule has 1 aliphatic rings. The zero-order chi connectivity index (χ0) is 18.4. The van der Waals surface area contributed by atoms with E-state index in [1.165, 1.54) is 26.2 Å². The second kappa shape index (κ2) is 8.32. The van der Waals surface area contributed by atoms with Crippen LogP contribution < -0.4 is 4.74 Å². The summed E-state index contributed by atoms with van der Waals surface area (Å²) in [6, 6.07) is 6.95. The minimum Gasteiger partial charge on any atom is -0.496 e. The van der Waals surface area contributed by atoms with Gasteiger partial charge in [0.15, 0.2) is 5.92 Å². The lowest BCUT2D eigenvalue weighted by atomic mass is 9.87. The van der Waals surface area contributed by atoms with Gasteiger partial charge in [-0.25, -0.2) is 0 Å². The lowest BCUT2D eigenvalue weighted by Crippen LogP contribution is -2.38. The Bertz CT molecular complexity index is 668. The zero-order valence-corrected chi connectivity index (χ0v) is 14.4. The first-order valence-electron chi connectivity index (χ1n) is 7.81. The highest BCUT2D eigenvalue weighted by molar-refractivity contribution is 5.98.